The molecule has 0 aliphatic heterocycles. The molecule has 0 N–H and O–H groups in total. The van der Waals surface area contributed by atoms with Gasteiger partial charge in [0.15, 0.2) is 10.9 Å². The van der Waals surface area contributed by atoms with E-state index in [1.54, 1.807) is 17.7 Å². The van der Waals surface area contributed by atoms with Crippen molar-refractivity contribution in [3.8, 4) is 11.4 Å². The van der Waals surface area contributed by atoms with Crippen LogP contribution in [0.25, 0.3) is 16.6 Å². The second kappa shape index (κ2) is 9.24. The lowest BCUT2D eigenvalue weighted by Gasteiger charge is -2.16. The molecular weight excluding hydrogens is 432 g/mol. The van der Waals surface area contributed by atoms with Crippen LogP contribution in [-0.4, -0.2) is 28.2 Å². The summed E-state index contributed by atoms with van der Waals surface area (Å²) in [5.41, 5.74) is 5.79. The molecule has 0 saturated carbocycles. The van der Waals surface area contributed by atoms with Crippen LogP contribution in [0.5, 0.6) is 5.75 Å². The molecule has 168 valence electrons. The molecule has 1 aromatic heterocycles. The predicted molar refractivity (Wildman–Crippen MR) is 134 cm³/mol. The van der Waals surface area contributed by atoms with Gasteiger partial charge in [0.2, 0.25) is 0 Å². The SMILES string of the molecule is COc1ccc(C)cc1-n1c(SCC(=O)c2c(C)cc(C)cc2C)nc2ccccc2c1=O. The van der Waals surface area contributed by atoms with Crippen LogP contribution in [-0.2, 0) is 0 Å². The van der Waals surface area contributed by atoms with Crippen LogP contribution in [0.15, 0.2) is 64.5 Å². The van der Waals surface area contributed by atoms with Crippen molar-refractivity contribution in [3.63, 3.8) is 0 Å². The number of para-hydroxylation sites is 1. The highest BCUT2D eigenvalue weighted by Crippen LogP contribution is 2.29. The van der Waals surface area contributed by atoms with Crippen LogP contribution in [0.4, 0.5) is 0 Å². The van der Waals surface area contributed by atoms with Crippen molar-refractivity contribution in [3.05, 3.63) is 92.8 Å². The lowest BCUT2D eigenvalue weighted by Crippen LogP contribution is -2.23. The van der Waals surface area contributed by atoms with Crippen LogP contribution in [0.2, 0.25) is 0 Å². The number of aromatic nitrogens is 2. The molecule has 1 heterocycles. The van der Waals surface area contributed by atoms with Crippen LogP contribution in [0, 0.1) is 27.7 Å². The Morgan fingerprint density at radius 1 is 0.970 bits per heavy atom. The largest absolute Gasteiger partial charge is 0.495 e. The first-order valence-electron chi connectivity index (χ1n) is 10.7. The highest BCUT2D eigenvalue weighted by molar-refractivity contribution is 7.99. The van der Waals surface area contributed by atoms with Crippen molar-refractivity contribution >= 4 is 28.4 Å². The van der Waals surface area contributed by atoms with Gasteiger partial charge in [0, 0.05) is 5.56 Å². The van der Waals surface area contributed by atoms with E-state index in [0.717, 1.165) is 27.8 Å². The first kappa shape index (κ1) is 22.8. The maximum Gasteiger partial charge on any atom is 0.266 e. The van der Waals surface area contributed by atoms with E-state index in [0.29, 0.717) is 27.5 Å². The number of carbonyl (C=O) groups is 1. The zero-order valence-electron chi connectivity index (χ0n) is 19.4. The molecule has 4 rings (SSSR count). The van der Waals surface area contributed by atoms with Gasteiger partial charge < -0.3 is 4.74 Å². The molecule has 0 saturated heterocycles. The van der Waals surface area contributed by atoms with E-state index in [1.807, 2.05) is 76.2 Å². The molecule has 5 nitrogen and oxygen atoms in total. The molecule has 0 unspecified atom stereocenters. The van der Waals surface area contributed by atoms with Gasteiger partial charge in [0.25, 0.3) is 5.56 Å². The Morgan fingerprint density at radius 2 is 1.67 bits per heavy atom. The number of fused-ring (bicyclic) bond motifs is 1. The van der Waals surface area contributed by atoms with Gasteiger partial charge in [-0.15, -0.1) is 0 Å². The number of hydrogen-bond donors (Lipinski definition) is 0. The lowest BCUT2D eigenvalue weighted by atomic mass is 9.97. The van der Waals surface area contributed by atoms with E-state index in [-0.39, 0.29) is 17.1 Å². The molecular formula is C27H26N2O3S. The molecule has 4 aromatic rings. The third kappa shape index (κ3) is 4.44. The molecule has 0 atom stereocenters. The Labute approximate surface area is 197 Å². The van der Waals surface area contributed by atoms with Gasteiger partial charge in [0.05, 0.1) is 29.5 Å². The molecule has 6 heteroatoms. The summed E-state index contributed by atoms with van der Waals surface area (Å²) in [7, 11) is 1.58. The Bertz CT molecular complexity index is 1420. The zero-order valence-corrected chi connectivity index (χ0v) is 20.2. The summed E-state index contributed by atoms with van der Waals surface area (Å²) in [5, 5.41) is 0.973. The number of Topliss-reactive ketones (excluding diaryl/α,β-unsaturated/α-hetero) is 1. The van der Waals surface area contributed by atoms with E-state index >= 15 is 0 Å². The minimum absolute atomic E-state index is 0.0140. The van der Waals surface area contributed by atoms with E-state index in [2.05, 4.69) is 0 Å². The smallest absolute Gasteiger partial charge is 0.266 e. The number of hydrogen-bond acceptors (Lipinski definition) is 5. The fourth-order valence-corrected chi connectivity index (χ4v) is 5.10. The van der Waals surface area contributed by atoms with Crippen LogP contribution in [0.1, 0.15) is 32.6 Å². The third-order valence-corrected chi connectivity index (χ3v) is 6.55. The number of rotatable bonds is 6. The lowest BCUT2D eigenvalue weighted by molar-refractivity contribution is 0.102. The Balaban J connectivity index is 1.83. The summed E-state index contributed by atoms with van der Waals surface area (Å²) in [6, 6.07) is 17.0. The van der Waals surface area contributed by atoms with Crippen molar-refractivity contribution < 1.29 is 9.53 Å². The second-order valence-electron chi connectivity index (χ2n) is 8.21. The average molecular weight is 459 g/mol. The van der Waals surface area contributed by atoms with Crippen molar-refractivity contribution in [2.24, 2.45) is 0 Å². The summed E-state index contributed by atoms with van der Waals surface area (Å²) in [5.74, 6) is 0.752. The van der Waals surface area contributed by atoms with Crippen LogP contribution in [0.3, 0.4) is 0 Å². The van der Waals surface area contributed by atoms with E-state index in [9.17, 15) is 9.59 Å². The quantitative estimate of drug-likeness (QED) is 0.214. The van der Waals surface area contributed by atoms with Gasteiger partial charge >= 0.3 is 0 Å². The molecule has 0 radical (unpaired) electrons. The first-order chi connectivity index (χ1) is 15.8. The molecule has 0 aliphatic rings. The maximum absolute atomic E-state index is 13.6. The number of ketones is 1. The Morgan fingerprint density at radius 3 is 2.36 bits per heavy atom. The molecule has 0 spiro atoms. The predicted octanol–water partition coefficient (Wildman–Crippen LogP) is 5.60. The van der Waals surface area contributed by atoms with Gasteiger partial charge in [-0.3, -0.25) is 14.2 Å². The fourth-order valence-electron chi connectivity index (χ4n) is 4.22. The van der Waals surface area contributed by atoms with Gasteiger partial charge in [-0.2, -0.15) is 0 Å². The van der Waals surface area contributed by atoms with Gasteiger partial charge in [-0.1, -0.05) is 47.7 Å². The number of carbonyl (C=O) groups excluding carboxylic acids is 1. The third-order valence-electron chi connectivity index (χ3n) is 5.61. The summed E-state index contributed by atoms with van der Waals surface area (Å²) in [6.45, 7) is 7.90. The summed E-state index contributed by atoms with van der Waals surface area (Å²) >= 11 is 1.27. The molecule has 3 aromatic carbocycles. The molecule has 0 fully saturated rings. The van der Waals surface area contributed by atoms with Crippen molar-refractivity contribution in [2.45, 2.75) is 32.9 Å². The Hall–Kier alpha value is -3.38. The number of aryl methyl sites for hydroxylation is 4. The topological polar surface area (TPSA) is 61.2 Å². The number of methoxy groups -OCH3 is 1. The normalized spacial score (nSPS) is 11.1. The first-order valence-corrected chi connectivity index (χ1v) is 11.7. The monoisotopic (exact) mass is 458 g/mol. The molecule has 0 aliphatic carbocycles. The summed E-state index contributed by atoms with van der Waals surface area (Å²) in [4.78, 5) is 31.5. The van der Waals surface area contributed by atoms with E-state index in [4.69, 9.17) is 9.72 Å². The van der Waals surface area contributed by atoms with Crippen molar-refractivity contribution in [2.75, 3.05) is 12.9 Å². The second-order valence-corrected chi connectivity index (χ2v) is 9.16. The molecule has 0 amide bonds. The minimum atomic E-state index is -0.192. The summed E-state index contributed by atoms with van der Waals surface area (Å²) in [6.07, 6.45) is 0. The number of benzene rings is 3. The maximum atomic E-state index is 13.6. The number of ether oxygens (including phenoxy) is 1. The van der Waals surface area contributed by atoms with E-state index in [1.165, 1.54) is 11.8 Å². The van der Waals surface area contributed by atoms with E-state index < -0.39 is 0 Å². The molecule has 0 bridgehead atoms. The van der Waals surface area contributed by atoms with Crippen molar-refractivity contribution in [1.29, 1.82) is 0 Å². The van der Waals surface area contributed by atoms with Crippen LogP contribution < -0.4 is 10.3 Å². The minimum Gasteiger partial charge on any atom is -0.495 e. The van der Waals surface area contributed by atoms with Gasteiger partial charge in [-0.05, 0) is 68.7 Å². The zero-order chi connectivity index (χ0) is 23.7. The van der Waals surface area contributed by atoms with Gasteiger partial charge in [-0.25, -0.2) is 4.98 Å². The van der Waals surface area contributed by atoms with Gasteiger partial charge in [0.1, 0.15) is 5.75 Å². The standard InChI is InChI=1S/C27H26N2O3S/c1-16-10-11-24(32-5)22(14-16)29-26(31)20-8-6-7-9-21(20)28-27(29)33-15-23(30)25-18(3)12-17(2)13-19(25)4/h6-14H,15H2,1-5H3. The van der Waals surface area contributed by atoms with Crippen LogP contribution >= 0.6 is 11.8 Å². The highest BCUT2D eigenvalue weighted by atomic mass is 32.2. The highest BCUT2D eigenvalue weighted by Gasteiger charge is 2.19. The number of thioether (sulfide) groups is 1. The average Bonchev–Trinajstić information content (AvgIpc) is 2.77. The number of nitrogens with zero attached hydrogens (tertiary/aromatic N) is 2. The van der Waals surface area contributed by atoms with Crippen molar-refractivity contribution in [1.82, 2.24) is 9.55 Å². The Kier molecular flexibility index (Phi) is 6.38. The fraction of sp³-hybridized carbons (Fsp3) is 0.222. The molecule has 33 heavy (non-hydrogen) atoms. The summed E-state index contributed by atoms with van der Waals surface area (Å²) < 4.78 is 7.11.